The highest BCUT2D eigenvalue weighted by atomic mass is 16.4. The van der Waals surface area contributed by atoms with E-state index >= 15 is 0 Å². The summed E-state index contributed by atoms with van der Waals surface area (Å²) in [5.74, 6) is -0.0210. The minimum atomic E-state index is -0.763. The molecular formula is C21H24O2. The molecule has 0 radical (unpaired) electrons. The Morgan fingerprint density at radius 2 is 1.74 bits per heavy atom. The van der Waals surface area contributed by atoms with Crippen LogP contribution in [0.1, 0.15) is 43.2 Å². The summed E-state index contributed by atoms with van der Waals surface area (Å²) >= 11 is 0. The molecule has 0 spiro atoms. The van der Waals surface area contributed by atoms with Crippen LogP contribution in [0.5, 0.6) is 0 Å². The van der Waals surface area contributed by atoms with Gasteiger partial charge in [-0.3, -0.25) is 4.79 Å². The third kappa shape index (κ3) is 4.22. The maximum absolute atomic E-state index is 11.0. The molecule has 0 heterocycles. The fourth-order valence-corrected chi connectivity index (χ4v) is 3.70. The van der Waals surface area contributed by atoms with Gasteiger partial charge < -0.3 is 5.11 Å². The minimum absolute atomic E-state index is 0.104. The summed E-state index contributed by atoms with van der Waals surface area (Å²) in [6.07, 6.45) is 7.81. The number of hydrogen-bond donors (Lipinski definition) is 1. The maximum Gasteiger partial charge on any atom is 0.307 e. The molecule has 0 aromatic heterocycles. The molecule has 3 rings (SSSR count). The number of aliphatic carboxylic acids is 1. The van der Waals surface area contributed by atoms with Gasteiger partial charge in [-0.1, -0.05) is 80.6 Å². The summed E-state index contributed by atoms with van der Waals surface area (Å²) in [5, 5.41) is 9.07. The van der Waals surface area contributed by atoms with Gasteiger partial charge in [-0.25, -0.2) is 0 Å². The number of hydrogen-bond acceptors (Lipinski definition) is 1. The molecule has 23 heavy (non-hydrogen) atoms. The third-order valence-electron chi connectivity index (χ3n) is 4.84. The lowest BCUT2D eigenvalue weighted by atomic mass is 9.82. The number of rotatable bonds is 5. The van der Waals surface area contributed by atoms with E-state index < -0.39 is 5.97 Å². The fourth-order valence-electron chi connectivity index (χ4n) is 3.70. The SMILES string of the molecule is O=C(O)Cc1ccc(-c2ccccc2)c(CC2CCCCC2)c1. The monoisotopic (exact) mass is 308 g/mol. The van der Waals surface area contributed by atoms with E-state index in [1.807, 2.05) is 12.1 Å². The second-order valence-electron chi connectivity index (χ2n) is 6.64. The Labute approximate surface area is 138 Å². The molecule has 1 aliphatic carbocycles. The van der Waals surface area contributed by atoms with Crippen LogP contribution in [0.15, 0.2) is 48.5 Å². The minimum Gasteiger partial charge on any atom is -0.481 e. The van der Waals surface area contributed by atoms with Crippen molar-refractivity contribution in [3.63, 3.8) is 0 Å². The van der Waals surface area contributed by atoms with E-state index in [0.717, 1.165) is 17.9 Å². The zero-order chi connectivity index (χ0) is 16.1. The summed E-state index contributed by atoms with van der Waals surface area (Å²) in [4.78, 5) is 11.0. The molecule has 0 aliphatic heterocycles. The average molecular weight is 308 g/mol. The molecule has 0 saturated heterocycles. The van der Waals surface area contributed by atoms with E-state index in [4.69, 9.17) is 5.11 Å². The van der Waals surface area contributed by atoms with Crippen molar-refractivity contribution in [2.75, 3.05) is 0 Å². The van der Waals surface area contributed by atoms with Crippen LogP contribution in [0.4, 0.5) is 0 Å². The van der Waals surface area contributed by atoms with Crippen LogP contribution in [-0.2, 0) is 17.6 Å². The first-order valence-electron chi connectivity index (χ1n) is 8.61. The lowest BCUT2D eigenvalue weighted by Gasteiger charge is -2.23. The first kappa shape index (κ1) is 15.8. The molecule has 120 valence electrons. The van der Waals surface area contributed by atoms with Gasteiger partial charge in [-0.2, -0.15) is 0 Å². The lowest BCUT2D eigenvalue weighted by molar-refractivity contribution is -0.136. The van der Waals surface area contributed by atoms with Gasteiger partial charge in [-0.05, 0) is 34.6 Å². The molecule has 1 aliphatic rings. The van der Waals surface area contributed by atoms with Crippen molar-refractivity contribution < 1.29 is 9.90 Å². The molecule has 0 amide bonds. The van der Waals surface area contributed by atoms with E-state index in [1.54, 1.807) is 0 Å². The quantitative estimate of drug-likeness (QED) is 0.834. The average Bonchev–Trinajstić information content (AvgIpc) is 2.56. The highest BCUT2D eigenvalue weighted by Crippen LogP contribution is 2.32. The molecule has 2 nitrogen and oxygen atoms in total. The maximum atomic E-state index is 11.0. The van der Waals surface area contributed by atoms with Crippen molar-refractivity contribution in [3.8, 4) is 11.1 Å². The van der Waals surface area contributed by atoms with E-state index in [0.29, 0.717) is 0 Å². The highest BCUT2D eigenvalue weighted by molar-refractivity contribution is 5.72. The zero-order valence-electron chi connectivity index (χ0n) is 13.5. The van der Waals surface area contributed by atoms with Gasteiger partial charge in [0, 0.05) is 0 Å². The molecule has 1 N–H and O–H groups in total. The van der Waals surface area contributed by atoms with E-state index in [1.165, 1.54) is 48.8 Å². The largest absolute Gasteiger partial charge is 0.481 e. The second-order valence-corrected chi connectivity index (χ2v) is 6.64. The Hall–Kier alpha value is -2.09. The smallest absolute Gasteiger partial charge is 0.307 e. The van der Waals surface area contributed by atoms with E-state index in [2.05, 4.69) is 36.4 Å². The standard InChI is InChI=1S/C21H24O2/c22-21(23)15-17-11-12-20(18-9-5-2-6-10-18)19(14-17)13-16-7-3-1-4-8-16/h2,5-6,9-12,14,16H,1,3-4,7-8,13,15H2,(H,22,23). The van der Waals surface area contributed by atoms with Crippen LogP contribution < -0.4 is 0 Å². The van der Waals surface area contributed by atoms with E-state index in [9.17, 15) is 4.79 Å². The summed E-state index contributed by atoms with van der Waals surface area (Å²) in [5.41, 5.74) is 4.69. The van der Waals surface area contributed by atoms with Crippen LogP contribution in [0, 0.1) is 5.92 Å². The van der Waals surface area contributed by atoms with Crippen LogP contribution in [0.2, 0.25) is 0 Å². The van der Waals surface area contributed by atoms with Crippen molar-refractivity contribution in [2.24, 2.45) is 5.92 Å². The van der Waals surface area contributed by atoms with Gasteiger partial charge in [0.15, 0.2) is 0 Å². The molecule has 2 heteroatoms. The van der Waals surface area contributed by atoms with Crippen LogP contribution >= 0.6 is 0 Å². The van der Waals surface area contributed by atoms with E-state index in [-0.39, 0.29) is 6.42 Å². The highest BCUT2D eigenvalue weighted by Gasteiger charge is 2.17. The topological polar surface area (TPSA) is 37.3 Å². The molecule has 0 atom stereocenters. The Balaban J connectivity index is 1.92. The Morgan fingerprint density at radius 1 is 1.00 bits per heavy atom. The summed E-state index contributed by atoms with van der Waals surface area (Å²) in [6.45, 7) is 0. The molecule has 0 bridgehead atoms. The zero-order valence-corrected chi connectivity index (χ0v) is 13.5. The number of carbonyl (C=O) groups is 1. The second kappa shape index (κ2) is 7.45. The van der Waals surface area contributed by atoms with Crippen molar-refractivity contribution >= 4 is 5.97 Å². The molecule has 0 unspecified atom stereocenters. The van der Waals surface area contributed by atoms with Gasteiger partial charge in [0.05, 0.1) is 6.42 Å². The van der Waals surface area contributed by atoms with Gasteiger partial charge in [-0.15, -0.1) is 0 Å². The lowest BCUT2D eigenvalue weighted by Crippen LogP contribution is -2.10. The molecule has 1 saturated carbocycles. The van der Waals surface area contributed by atoms with Crippen LogP contribution in [-0.4, -0.2) is 11.1 Å². The molecule has 2 aromatic carbocycles. The third-order valence-corrected chi connectivity index (χ3v) is 4.84. The van der Waals surface area contributed by atoms with Gasteiger partial charge in [0.1, 0.15) is 0 Å². The Morgan fingerprint density at radius 3 is 2.43 bits per heavy atom. The first-order valence-corrected chi connectivity index (χ1v) is 8.61. The van der Waals surface area contributed by atoms with Crippen molar-refractivity contribution in [1.29, 1.82) is 0 Å². The fraction of sp³-hybridized carbons (Fsp3) is 0.381. The predicted octanol–water partition coefficient (Wildman–Crippen LogP) is 5.10. The summed E-state index contributed by atoms with van der Waals surface area (Å²) < 4.78 is 0. The normalized spacial score (nSPS) is 15.5. The molecular weight excluding hydrogens is 284 g/mol. The molecule has 2 aromatic rings. The van der Waals surface area contributed by atoms with Crippen molar-refractivity contribution in [2.45, 2.75) is 44.9 Å². The first-order chi connectivity index (χ1) is 11.2. The molecule has 1 fully saturated rings. The summed E-state index contributed by atoms with van der Waals surface area (Å²) in [7, 11) is 0. The van der Waals surface area contributed by atoms with Crippen molar-refractivity contribution in [1.82, 2.24) is 0 Å². The van der Waals surface area contributed by atoms with Gasteiger partial charge in [0.25, 0.3) is 0 Å². The number of benzene rings is 2. The summed E-state index contributed by atoms with van der Waals surface area (Å²) in [6, 6.07) is 16.6. The van der Waals surface area contributed by atoms with Crippen LogP contribution in [0.3, 0.4) is 0 Å². The van der Waals surface area contributed by atoms with Crippen LogP contribution in [0.25, 0.3) is 11.1 Å². The van der Waals surface area contributed by atoms with Crippen molar-refractivity contribution in [3.05, 3.63) is 59.7 Å². The van der Waals surface area contributed by atoms with Gasteiger partial charge >= 0.3 is 5.97 Å². The Bertz CT molecular complexity index is 655. The number of carboxylic acids is 1. The number of carboxylic acid groups (broad SMARTS) is 1. The van der Waals surface area contributed by atoms with Gasteiger partial charge in [0.2, 0.25) is 0 Å². The Kier molecular flexibility index (Phi) is 5.12. The predicted molar refractivity (Wildman–Crippen MR) is 93.5 cm³/mol.